The Hall–Kier alpha value is -4.14. The molecule has 9 nitrogen and oxygen atoms in total. The van der Waals surface area contributed by atoms with Gasteiger partial charge in [0.05, 0.1) is 18.0 Å². The van der Waals surface area contributed by atoms with Gasteiger partial charge in [-0.25, -0.2) is 14.8 Å². The Morgan fingerprint density at radius 3 is 2.74 bits per heavy atom. The van der Waals surface area contributed by atoms with Gasteiger partial charge < -0.3 is 24.5 Å². The summed E-state index contributed by atoms with van der Waals surface area (Å²) in [4.78, 5) is 37.9. The lowest BCUT2D eigenvalue weighted by molar-refractivity contribution is -0.144. The van der Waals surface area contributed by atoms with Crippen LogP contribution in [0.4, 0.5) is 0 Å². The van der Waals surface area contributed by atoms with Gasteiger partial charge in [-0.3, -0.25) is 4.79 Å². The summed E-state index contributed by atoms with van der Waals surface area (Å²) in [5, 5.41) is 9.13. The van der Waals surface area contributed by atoms with Crippen LogP contribution in [0.1, 0.15) is 32.6 Å². The van der Waals surface area contributed by atoms with E-state index in [0.29, 0.717) is 28.5 Å². The molecule has 2 heterocycles. The van der Waals surface area contributed by atoms with Crippen molar-refractivity contribution in [1.29, 1.82) is 0 Å². The van der Waals surface area contributed by atoms with E-state index in [0.717, 1.165) is 36.8 Å². The summed E-state index contributed by atoms with van der Waals surface area (Å²) >= 11 is 0. The number of benzene rings is 2. The van der Waals surface area contributed by atoms with Crippen molar-refractivity contribution in [2.24, 2.45) is 0 Å². The predicted molar refractivity (Wildman–Crippen MR) is 126 cm³/mol. The SMILES string of the molecule is CC(Oc1cccc(-c2ccc(-c3nc4[nH]cnc4c(=O)[nH]3)c(OC3CCCC3)c2)c1)C(=O)O. The maximum Gasteiger partial charge on any atom is 0.344 e. The zero-order chi connectivity index (χ0) is 23.7. The number of carboxylic acids is 1. The van der Waals surface area contributed by atoms with Gasteiger partial charge in [0.25, 0.3) is 5.56 Å². The molecular weight excluding hydrogens is 436 g/mol. The van der Waals surface area contributed by atoms with E-state index in [4.69, 9.17) is 14.6 Å². The number of nitrogens with zero attached hydrogens (tertiary/aromatic N) is 2. The maximum absolute atomic E-state index is 12.5. The minimum absolute atomic E-state index is 0.0997. The fraction of sp³-hybridized carbons (Fsp3) is 0.280. The zero-order valence-electron chi connectivity index (χ0n) is 18.6. The van der Waals surface area contributed by atoms with Gasteiger partial charge in [-0.05, 0) is 68.0 Å². The second-order valence-electron chi connectivity index (χ2n) is 8.38. The van der Waals surface area contributed by atoms with Crippen LogP contribution in [0.25, 0.3) is 33.7 Å². The summed E-state index contributed by atoms with van der Waals surface area (Å²) in [6.07, 6.45) is 4.77. The molecule has 3 N–H and O–H groups in total. The highest BCUT2D eigenvalue weighted by Crippen LogP contribution is 2.36. The van der Waals surface area contributed by atoms with Crippen LogP contribution in [-0.4, -0.2) is 43.2 Å². The van der Waals surface area contributed by atoms with Crippen LogP contribution in [0.2, 0.25) is 0 Å². The predicted octanol–water partition coefficient (Wildman–Crippen LogP) is 4.15. The van der Waals surface area contributed by atoms with Crippen LogP contribution in [-0.2, 0) is 4.79 Å². The second kappa shape index (κ2) is 9.01. The molecule has 1 fully saturated rings. The number of ether oxygens (including phenoxy) is 2. The van der Waals surface area contributed by atoms with Gasteiger partial charge >= 0.3 is 5.97 Å². The monoisotopic (exact) mass is 460 g/mol. The van der Waals surface area contributed by atoms with Crippen LogP contribution in [0.15, 0.2) is 53.6 Å². The van der Waals surface area contributed by atoms with Gasteiger partial charge in [-0.1, -0.05) is 18.2 Å². The molecule has 2 aromatic heterocycles. The first-order valence-electron chi connectivity index (χ1n) is 11.2. The molecule has 1 saturated carbocycles. The number of aromatic amines is 2. The topological polar surface area (TPSA) is 130 Å². The summed E-state index contributed by atoms with van der Waals surface area (Å²) < 4.78 is 11.9. The highest BCUT2D eigenvalue weighted by atomic mass is 16.5. The normalized spacial score (nSPS) is 14.9. The van der Waals surface area contributed by atoms with Crippen molar-refractivity contribution in [3.8, 4) is 34.0 Å². The minimum Gasteiger partial charge on any atom is -0.490 e. The number of carbonyl (C=O) groups is 1. The molecule has 2 aromatic carbocycles. The van der Waals surface area contributed by atoms with Gasteiger partial charge in [0.15, 0.2) is 17.3 Å². The molecule has 1 unspecified atom stereocenters. The molecule has 174 valence electrons. The molecule has 4 aromatic rings. The Morgan fingerprint density at radius 2 is 1.94 bits per heavy atom. The first-order chi connectivity index (χ1) is 16.5. The number of rotatable bonds is 7. The molecule has 1 atom stereocenters. The highest BCUT2D eigenvalue weighted by molar-refractivity contribution is 5.77. The van der Waals surface area contributed by atoms with E-state index in [1.165, 1.54) is 13.3 Å². The van der Waals surface area contributed by atoms with Gasteiger partial charge in [-0.2, -0.15) is 0 Å². The summed E-state index contributed by atoms with van der Waals surface area (Å²) in [5.74, 6) is 0.452. The molecule has 1 aliphatic rings. The molecule has 34 heavy (non-hydrogen) atoms. The molecule has 0 radical (unpaired) electrons. The Morgan fingerprint density at radius 1 is 1.15 bits per heavy atom. The van der Waals surface area contributed by atoms with E-state index in [1.54, 1.807) is 12.1 Å². The third kappa shape index (κ3) is 4.36. The van der Waals surface area contributed by atoms with Crippen LogP contribution in [0.3, 0.4) is 0 Å². The van der Waals surface area contributed by atoms with E-state index in [1.807, 2.05) is 30.3 Å². The third-order valence-corrected chi connectivity index (χ3v) is 5.95. The van der Waals surface area contributed by atoms with E-state index >= 15 is 0 Å². The number of imidazole rings is 1. The Bertz CT molecular complexity index is 1400. The Balaban J connectivity index is 1.55. The van der Waals surface area contributed by atoms with E-state index in [2.05, 4.69) is 19.9 Å². The fourth-order valence-corrected chi connectivity index (χ4v) is 4.16. The number of hydrogen-bond acceptors (Lipinski definition) is 6. The average Bonchev–Trinajstić information content (AvgIpc) is 3.51. The zero-order valence-corrected chi connectivity index (χ0v) is 18.6. The van der Waals surface area contributed by atoms with E-state index in [-0.39, 0.29) is 17.2 Å². The summed E-state index contributed by atoms with van der Waals surface area (Å²) in [6, 6.07) is 13.0. The van der Waals surface area contributed by atoms with Gasteiger partial charge in [0, 0.05) is 0 Å². The third-order valence-electron chi connectivity index (χ3n) is 5.95. The first-order valence-corrected chi connectivity index (χ1v) is 11.2. The quantitative estimate of drug-likeness (QED) is 0.378. The number of aliphatic carboxylic acids is 1. The number of carboxylic acid groups (broad SMARTS) is 1. The fourth-order valence-electron chi connectivity index (χ4n) is 4.16. The standard InChI is InChI=1S/C25H24N4O5/c1-14(25(31)32)33-18-8-4-5-15(11-18)16-9-10-19(20(12-16)34-17-6-2-3-7-17)22-28-23-21(24(30)29-22)26-13-27-23/h4-5,8-14,17H,2-3,6-7H2,1H3,(H,31,32)(H2,26,27,28,29,30). The molecule has 5 rings (SSSR count). The van der Waals surface area contributed by atoms with Crippen molar-refractivity contribution < 1.29 is 19.4 Å². The van der Waals surface area contributed by atoms with Gasteiger partial charge in [-0.15, -0.1) is 0 Å². The van der Waals surface area contributed by atoms with Crippen molar-refractivity contribution in [2.75, 3.05) is 0 Å². The van der Waals surface area contributed by atoms with Gasteiger partial charge in [0.1, 0.15) is 17.3 Å². The van der Waals surface area contributed by atoms with Crippen LogP contribution in [0.5, 0.6) is 11.5 Å². The molecule has 0 aliphatic heterocycles. The lowest BCUT2D eigenvalue weighted by Crippen LogP contribution is -2.22. The number of H-pyrrole nitrogens is 2. The van der Waals surface area contributed by atoms with Crippen LogP contribution in [0, 0.1) is 0 Å². The van der Waals surface area contributed by atoms with Crippen molar-refractivity contribution in [3.63, 3.8) is 0 Å². The average molecular weight is 460 g/mol. The Labute approximate surface area is 194 Å². The largest absolute Gasteiger partial charge is 0.490 e. The second-order valence-corrected chi connectivity index (χ2v) is 8.38. The number of fused-ring (bicyclic) bond motifs is 1. The smallest absolute Gasteiger partial charge is 0.344 e. The van der Waals surface area contributed by atoms with Crippen molar-refractivity contribution in [3.05, 3.63) is 59.1 Å². The summed E-state index contributed by atoms with van der Waals surface area (Å²) in [6.45, 7) is 1.49. The molecule has 0 spiro atoms. The lowest BCUT2D eigenvalue weighted by atomic mass is 10.0. The van der Waals surface area contributed by atoms with Gasteiger partial charge in [0.2, 0.25) is 0 Å². The lowest BCUT2D eigenvalue weighted by Gasteiger charge is -2.18. The van der Waals surface area contributed by atoms with E-state index in [9.17, 15) is 9.59 Å². The Kier molecular flexibility index (Phi) is 5.75. The summed E-state index contributed by atoms with van der Waals surface area (Å²) in [5.41, 5.74) is 2.74. The molecule has 0 saturated heterocycles. The molecule has 0 amide bonds. The van der Waals surface area contributed by atoms with Crippen LogP contribution >= 0.6 is 0 Å². The van der Waals surface area contributed by atoms with Crippen LogP contribution < -0.4 is 15.0 Å². The molecule has 1 aliphatic carbocycles. The van der Waals surface area contributed by atoms with Crippen molar-refractivity contribution in [2.45, 2.75) is 44.8 Å². The van der Waals surface area contributed by atoms with Crippen molar-refractivity contribution >= 4 is 17.1 Å². The minimum atomic E-state index is -1.03. The summed E-state index contributed by atoms with van der Waals surface area (Å²) in [7, 11) is 0. The molecular formula is C25H24N4O5. The highest BCUT2D eigenvalue weighted by Gasteiger charge is 2.21. The number of aromatic nitrogens is 4. The molecule has 0 bridgehead atoms. The number of nitrogens with one attached hydrogen (secondary N) is 2. The number of hydrogen-bond donors (Lipinski definition) is 3. The first kappa shape index (κ1) is 21.7. The maximum atomic E-state index is 12.5. The molecule has 9 heteroatoms. The van der Waals surface area contributed by atoms with E-state index < -0.39 is 12.1 Å². The van der Waals surface area contributed by atoms with Crippen molar-refractivity contribution in [1.82, 2.24) is 19.9 Å².